The largest absolute Gasteiger partial charge is 0.493 e. The summed E-state index contributed by atoms with van der Waals surface area (Å²) in [5, 5.41) is 3.21. The number of carbonyl (C=O) groups excluding carboxylic acids is 2. The number of nitrogens with one attached hydrogen (secondary N) is 1. The summed E-state index contributed by atoms with van der Waals surface area (Å²) in [7, 11) is 3.15. The van der Waals surface area contributed by atoms with Gasteiger partial charge in [-0.15, -0.1) is 0 Å². The van der Waals surface area contributed by atoms with Crippen LogP contribution in [0, 0.1) is 5.92 Å². The third-order valence-electron chi connectivity index (χ3n) is 4.85. The Morgan fingerprint density at radius 2 is 1.73 bits per heavy atom. The lowest BCUT2D eigenvalue weighted by atomic mass is 10.0. The highest BCUT2D eigenvalue weighted by molar-refractivity contribution is 6.33. The summed E-state index contributed by atoms with van der Waals surface area (Å²) in [6, 6.07) is 11.7. The monoisotopic (exact) mass is 432 g/mol. The molecule has 0 aliphatic carbocycles. The highest BCUT2D eigenvalue weighted by Crippen LogP contribution is 2.28. The molecule has 0 heterocycles. The normalized spacial score (nSPS) is 11.7. The Balaban J connectivity index is 2.20. The van der Waals surface area contributed by atoms with Crippen LogP contribution in [-0.2, 0) is 11.3 Å². The molecule has 0 saturated carbocycles. The van der Waals surface area contributed by atoms with Crippen LogP contribution in [0.15, 0.2) is 42.5 Å². The smallest absolute Gasteiger partial charge is 0.253 e. The summed E-state index contributed by atoms with van der Waals surface area (Å²) in [5.41, 5.74) is 1.25. The van der Waals surface area contributed by atoms with Gasteiger partial charge in [-0.05, 0) is 42.7 Å². The predicted molar refractivity (Wildman–Crippen MR) is 118 cm³/mol. The molecule has 0 bridgehead atoms. The summed E-state index contributed by atoms with van der Waals surface area (Å²) in [5.74, 6) is 0.620. The number of amides is 2. The lowest BCUT2D eigenvalue weighted by Crippen LogP contribution is -2.51. The van der Waals surface area contributed by atoms with Crippen molar-refractivity contribution in [3.8, 4) is 11.5 Å². The molecule has 0 fully saturated rings. The van der Waals surface area contributed by atoms with Gasteiger partial charge in [-0.3, -0.25) is 9.59 Å². The fourth-order valence-electron chi connectivity index (χ4n) is 3.12. The molecule has 2 aromatic carbocycles. The molecule has 2 rings (SSSR count). The van der Waals surface area contributed by atoms with Crippen LogP contribution >= 0.6 is 11.6 Å². The summed E-state index contributed by atoms with van der Waals surface area (Å²) in [6.07, 6.45) is 0. The number of carbonyl (C=O) groups is 2. The summed E-state index contributed by atoms with van der Waals surface area (Å²) in [4.78, 5) is 27.7. The fraction of sp³-hybridized carbons (Fsp3) is 0.391. The Hall–Kier alpha value is -2.73. The molecular formula is C23H29ClN2O4. The minimum atomic E-state index is -0.672. The van der Waals surface area contributed by atoms with Gasteiger partial charge in [0, 0.05) is 13.1 Å². The van der Waals surface area contributed by atoms with Crippen LogP contribution in [0.2, 0.25) is 5.02 Å². The van der Waals surface area contributed by atoms with Crippen LogP contribution in [0.1, 0.15) is 36.7 Å². The zero-order valence-electron chi connectivity index (χ0n) is 18.1. The maximum Gasteiger partial charge on any atom is 0.253 e. The van der Waals surface area contributed by atoms with Gasteiger partial charge in [0.25, 0.3) is 5.91 Å². The number of hydrogen-bond acceptors (Lipinski definition) is 4. The quantitative estimate of drug-likeness (QED) is 0.646. The molecule has 1 atom stereocenters. The molecule has 0 aromatic heterocycles. The van der Waals surface area contributed by atoms with Gasteiger partial charge in [0.2, 0.25) is 5.91 Å². The van der Waals surface area contributed by atoms with E-state index in [0.717, 1.165) is 5.56 Å². The molecule has 2 aromatic rings. The fourth-order valence-corrected chi connectivity index (χ4v) is 3.34. The van der Waals surface area contributed by atoms with Crippen molar-refractivity contribution in [1.29, 1.82) is 0 Å². The van der Waals surface area contributed by atoms with E-state index >= 15 is 0 Å². The number of benzene rings is 2. The van der Waals surface area contributed by atoms with Crippen molar-refractivity contribution >= 4 is 23.4 Å². The zero-order valence-corrected chi connectivity index (χ0v) is 18.8. The summed E-state index contributed by atoms with van der Waals surface area (Å²) in [6.45, 7) is 6.60. The van der Waals surface area contributed by atoms with E-state index in [-0.39, 0.29) is 17.7 Å². The topological polar surface area (TPSA) is 67.9 Å². The third-order valence-corrected chi connectivity index (χ3v) is 5.18. The first-order valence-corrected chi connectivity index (χ1v) is 10.2. The van der Waals surface area contributed by atoms with Crippen LogP contribution in [0.25, 0.3) is 0 Å². The third kappa shape index (κ3) is 5.66. The van der Waals surface area contributed by atoms with Gasteiger partial charge >= 0.3 is 0 Å². The number of nitrogens with zero attached hydrogens (tertiary/aromatic N) is 1. The summed E-state index contributed by atoms with van der Waals surface area (Å²) < 4.78 is 10.6. The maximum absolute atomic E-state index is 13.3. The first-order chi connectivity index (χ1) is 14.3. The van der Waals surface area contributed by atoms with Gasteiger partial charge in [0.15, 0.2) is 11.5 Å². The highest BCUT2D eigenvalue weighted by Gasteiger charge is 2.29. The van der Waals surface area contributed by atoms with Crippen molar-refractivity contribution in [3.63, 3.8) is 0 Å². The molecule has 2 amide bonds. The number of methoxy groups -OCH3 is 2. The minimum Gasteiger partial charge on any atom is -0.493 e. The molecule has 30 heavy (non-hydrogen) atoms. The van der Waals surface area contributed by atoms with Gasteiger partial charge in [-0.1, -0.05) is 43.6 Å². The lowest BCUT2D eigenvalue weighted by molar-refractivity contribution is -0.134. The first-order valence-electron chi connectivity index (χ1n) is 9.87. The van der Waals surface area contributed by atoms with Crippen LogP contribution in [-0.4, -0.2) is 43.5 Å². The number of halogens is 1. The molecule has 7 heteroatoms. The second-order valence-electron chi connectivity index (χ2n) is 7.22. The Morgan fingerprint density at radius 1 is 1.07 bits per heavy atom. The summed E-state index contributed by atoms with van der Waals surface area (Å²) >= 11 is 6.13. The van der Waals surface area contributed by atoms with Gasteiger partial charge in [0.05, 0.1) is 24.8 Å². The van der Waals surface area contributed by atoms with Gasteiger partial charge < -0.3 is 19.7 Å². The molecule has 0 aliphatic rings. The van der Waals surface area contributed by atoms with Crippen LogP contribution in [0.5, 0.6) is 11.5 Å². The average molecular weight is 433 g/mol. The van der Waals surface area contributed by atoms with Crippen molar-refractivity contribution in [2.24, 2.45) is 5.92 Å². The standard InChI is InChI=1S/C23H29ClN2O4/c1-6-26(14-16-11-12-19(29-4)20(13-16)30-5)23(28)21(15(2)3)25-22(27)17-9-7-8-10-18(17)24/h7-13,15,21H,6,14H2,1-5H3,(H,25,27). The van der Waals surface area contributed by atoms with Crippen LogP contribution in [0.4, 0.5) is 0 Å². The highest BCUT2D eigenvalue weighted by atomic mass is 35.5. The first kappa shape index (κ1) is 23.5. The Morgan fingerprint density at radius 3 is 2.30 bits per heavy atom. The number of rotatable bonds is 9. The minimum absolute atomic E-state index is 0.0941. The van der Waals surface area contributed by atoms with Gasteiger partial charge in [-0.2, -0.15) is 0 Å². The zero-order chi connectivity index (χ0) is 22.3. The van der Waals surface area contributed by atoms with Gasteiger partial charge in [-0.25, -0.2) is 0 Å². The van der Waals surface area contributed by atoms with Crippen molar-refractivity contribution in [2.45, 2.75) is 33.4 Å². The van der Waals surface area contributed by atoms with Crippen LogP contribution < -0.4 is 14.8 Å². The molecule has 1 N–H and O–H groups in total. The van der Waals surface area contributed by atoms with Crippen molar-refractivity contribution in [1.82, 2.24) is 10.2 Å². The molecule has 1 unspecified atom stereocenters. The van der Waals surface area contributed by atoms with Crippen LogP contribution in [0.3, 0.4) is 0 Å². The molecule has 6 nitrogen and oxygen atoms in total. The Bertz CT molecular complexity index is 885. The Labute approximate surface area is 183 Å². The van der Waals surface area contributed by atoms with E-state index in [0.29, 0.717) is 35.2 Å². The van der Waals surface area contributed by atoms with E-state index in [1.807, 2.05) is 39.0 Å². The second-order valence-corrected chi connectivity index (χ2v) is 7.62. The van der Waals surface area contributed by atoms with Crippen molar-refractivity contribution in [2.75, 3.05) is 20.8 Å². The van der Waals surface area contributed by atoms with E-state index < -0.39 is 6.04 Å². The SMILES string of the molecule is CCN(Cc1ccc(OC)c(OC)c1)C(=O)C(NC(=O)c1ccccc1Cl)C(C)C. The number of likely N-dealkylation sites (N-methyl/N-ethyl adjacent to an activating group) is 1. The molecular weight excluding hydrogens is 404 g/mol. The molecule has 0 saturated heterocycles. The van der Waals surface area contributed by atoms with E-state index in [9.17, 15) is 9.59 Å². The van der Waals surface area contributed by atoms with E-state index in [2.05, 4.69) is 5.32 Å². The predicted octanol–water partition coefficient (Wildman–Crippen LogP) is 4.16. The van der Waals surface area contributed by atoms with E-state index in [1.165, 1.54) is 0 Å². The molecule has 0 radical (unpaired) electrons. The van der Waals surface area contributed by atoms with E-state index in [4.69, 9.17) is 21.1 Å². The lowest BCUT2D eigenvalue weighted by Gasteiger charge is -2.29. The number of hydrogen-bond donors (Lipinski definition) is 1. The second kappa shape index (κ2) is 10.9. The van der Waals surface area contributed by atoms with Crippen molar-refractivity contribution in [3.05, 3.63) is 58.6 Å². The Kier molecular flexibility index (Phi) is 8.54. The van der Waals surface area contributed by atoms with Gasteiger partial charge in [0.1, 0.15) is 6.04 Å². The molecule has 0 spiro atoms. The molecule has 0 aliphatic heterocycles. The average Bonchev–Trinajstić information content (AvgIpc) is 2.75. The molecule has 162 valence electrons. The van der Waals surface area contributed by atoms with E-state index in [1.54, 1.807) is 43.4 Å². The maximum atomic E-state index is 13.3. The number of ether oxygens (including phenoxy) is 2. The van der Waals surface area contributed by atoms with Crippen molar-refractivity contribution < 1.29 is 19.1 Å².